The first-order chi connectivity index (χ1) is 5.49. The summed E-state index contributed by atoms with van der Waals surface area (Å²) in [5.41, 5.74) is -0.0446. The molecule has 0 aromatic heterocycles. The van der Waals surface area contributed by atoms with E-state index in [1.807, 2.05) is 0 Å². The minimum Gasteiger partial charge on any atom is -0.336 e. The van der Waals surface area contributed by atoms with Gasteiger partial charge in [-0.2, -0.15) is 0 Å². The van der Waals surface area contributed by atoms with Crippen LogP contribution in [-0.2, 0) is 0 Å². The maximum atomic E-state index is 11.0. The van der Waals surface area contributed by atoms with Gasteiger partial charge in [0.1, 0.15) is 0 Å². The Morgan fingerprint density at radius 2 is 1.75 bits per heavy atom. The van der Waals surface area contributed by atoms with E-state index >= 15 is 0 Å². The Kier molecular flexibility index (Phi) is 2.31. The molecule has 1 aliphatic rings. The van der Waals surface area contributed by atoms with Gasteiger partial charge in [-0.25, -0.2) is 4.79 Å². The Morgan fingerprint density at radius 3 is 1.92 bits per heavy atom. The summed E-state index contributed by atoms with van der Waals surface area (Å²) in [4.78, 5) is 11.0. The first-order valence-corrected chi connectivity index (χ1v) is 4.55. The highest BCUT2D eigenvalue weighted by atomic mass is 16.2. The first kappa shape index (κ1) is 9.36. The minimum absolute atomic E-state index is 0.0302. The topological polar surface area (TPSA) is 41.1 Å². The zero-order chi connectivity index (χ0) is 9.35. The molecule has 1 aliphatic heterocycles. The van der Waals surface area contributed by atoms with Gasteiger partial charge in [0.05, 0.1) is 5.54 Å². The van der Waals surface area contributed by atoms with Crippen LogP contribution in [0.2, 0.25) is 0 Å². The zero-order valence-electron chi connectivity index (χ0n) is 8.27. The van der Waals surface area contributed by atoms with Crippen LogP contribution >= 0.6 is 0 Å². The van der Waals surface area contributed by atoms with E-state index in [4.69, 9.17) is 0 Å². The van der Waals surface area contributed by atoms with Crippen molar-refractivity contribution in [2.24, 2.45) is 11.8 Å². The SMILES string of the molecule is CC(C)C1(C(C)C)CNC(=O)N1. The molecule has 0 bridgehead atoms. The lowest BCUT2D eigenvalue weighted by molar-refractivity contribution is 0.202. The van der Waals surface area contributed by atoms with Gasteiger partial charge >= 0.3 is 6.03 Å². The molecular weight excluding hydrogens is 152 g/mol. The van der Waals surface area contributed by atoms with Crippen molar-refractivity contribution in [1.82, 2.24) is 10.6 Å². The maximum Gasteiger partial charge on any atom is 0.315 e. The van der Waals surface area contributed by atoms with Crippen molar-refractivity contribution < 1.29 is 4.79 Å². The number of carbonyl (C=O) groups excluding carboxylic acids is 1. The van der Waals surface area contributed by atoms with E-state index in [1.54, 1.807) is 0 Å². The summed E-state index contributed by atoms with van der Waals surface area (Å²) in [6.45, 7) is 9.34. The second-order valence-electron chi connectivity index (χ2n) is 4.16. The number of carbonyl (C=O) groups is 1. The Balaban J connectivity index is 2.81. The molecule has 2 N–H and O–H groups in total. The fourth-order valence-electron chi connectivity index (χ4n) is 1.89. The minimum atomic E-state index is -0.0446. The average Bonchev–Trinajstić information content (AvgIpc) is 2.32. The summed E-state index contributed by atoms with van der Waals surface area (Å²) in [6, 6.07) is -0.0302. The number of urea groups is 1. The zero-order valence-corrected chi connectivity index (χ0v) is 8.27. The smallest absolute Gasteiger partial charge is 0.315 e. The largest absolute Gasteiger partial charge is 0.336 e. The standard InChI is InChI=1S/C9H18N2O/c1-6(2)9(7(3)4)5-10-8(12)11-9/h6-7H,5H2,1-4H3,(H2,10,11,12). The van der Waals surface area contributed by atoms with Gasteiger partial charge in [-0.1, -0.05) is 27.7 Å². The van der Waals surface area contributed by atoms with Gasteiger partial charge in [-0.15, -0.1) is 0 Å². The lowest BCUT2D eigenvalue weighted by atomic mass is 9.78. The quantitative estimate of drug-likeness (QED) is 0.645. The van der Waals surface area contributed by atoms with E-state index < -0.39 is 0 Å². The van der Waals surface area contributed by atoms with Crippen molar-refractivity contribution in [2.75, 3.05) is 6.54 Å². The van der Waals surface area contributed by atoms with Crippen LogP contribution in [0.25, 0.3) is 0 Å². The monoisotopic (exact) mass is 170 g/mol. The highest BCUT2D eigenvalue weighted by Crippen LogP contribution is 2.27. The van der Waals surface area contributed by atoms with Crippen LogP contribution in [0.5, 0.6) is 0 Å². The third-order valence-corrected chi connectivity index (χ3v) is 2.95. The van der Waals surface area contributed by atoms with E-state index in [9.17, 15) is 4.79 Å². The molecule has 2 amide bonds. The molecule has 1 heterocycles. The summed E-state index contributed by atoms with van der Waals surface area (Å²) in [5.74, 6) is 0.938. The second kappa shape index (κ2) is 2.96. The molecule has 0 atom stereocenters. The Hall–Kier alpha value is -0.730. The van der Waals surface area contributed by atoms with E-state index in [0.717, 1.165) is 6.54 Å². The number of nitrogens with one attached hydrogen (secondary N) is 2. The third-order valence-electron chi connectivity index (χ3n) is 2.95. The number of hydrogen-bond donors (Lipinski definition) is 2. The number of hydrogen-bond acceptors (Lipinski definition) is 1. The van der Waals surface area contributed by atoms with Crippen LogP contribution in [0.4, 0.5) is 4.79 Å². The van der Waals surface area contributed by atoms with Gasteiger partial charge in [0.25, 0.3) is 0 Å². The molecule has 0 aliphatic carbocycles. The highest BCUT2D eigenvalue weighted by Gasteiger charge is 2.42. The molecule has 12 heavy (non-hydrogen) atoms. The fourth-order valence-corrected chi connectivity index (χ4v) is 1.89. The van der Waals surface area contributed by atoms with E-state index in [1.165, 1.54) is 0 Å². The molecule has 3 nitrogen and oxygen atoms in total. The summed E-state index contributed by atoms with van der Waals surface area (Å²) < 4.78 is 0. The summed E-state index contributed by atoms with van der Waals surface area (Å²) >= 11 is 0. The van der Waals surface area contributed by atoms with Crippen molar-refractivity contribution in [3.8, 4) is 0 Å². The summed E-state index contributed by atoms with van der Waals surface area (Å²) in [7, 11) is 0. The molecule has 0 saturated carbocycles. The van der Waals surface area contributed by atoms with Crippen LogP contribution in [0.1, 0.15) is 27.7 Å². The van der Waals surface area contributed by atoms with Crippen molar-refractivity contribution in [1.29, 1.82) is 0 Å². The van der Waals surface area contributed by atoms with Crippen molar-refractivity contribution in [3.05, 3.63) is 0 Å². The summed E-state index contributed by atoms with van der Waals surface area (Å²) in [5, 5.41) is 5.84. The molecule has 0 unspecified atom stereocenters. The molecule has 0 aromatic carbocycles. The predicted octanol–water partition coefficient (Wildman–Crippen LogP) is 1.35. The highest BCUT2D eigenvalue weighted by molar-refractivity contribution is 5.77. The van der Waals surface area contributed by atoms with Crippen molar-refractivity contribution in [2.45, 2.75) is 33.2 Å². The number of rotatable bonds is 2. The average molecular weight is 170 g/mol. The first-order valence-electron chi connectivity index (χ1n) is 4.55. The van der Waals surface area contributed by atoms with Crippen molar-refractivity contribution in [3.63, 3.8) is 0 Å². The van der Waals surface area contributed by atoms with Crippen LogP contribution < -0.4 is 10.6 Å². The van der Waals surface area contributed by atoms with E-state index in [2.05, 4.69) is 38.3 Å². The molecule has 70 valence electrons. The lowest BCUT2D eigenvalue weighted by Gasteiger charge is -2.36. The molecule has 0 spiro atoms. The normalized spacial score (nSPS) is 21.3. The van der Waals surface area contributed by atoms with Gasteiger partial charge in [0, 0.05) is 6.54 Å². The van der Waals surface area contributed by atoms with Crippen LogP contribution in [-0.4, -0.2) is 18.1 Å². The molecule has 1 fully saturated rings. The molecule has 1 saturated heterocycles. The van der Waals surface area contributed by atoms with Crippen molar-refractivity contribution >= 4 is 6.03 Å². The Labute approximate surface area is 73.9 Å². The van der Waals surface area contributed by atoms with Gasteiger partial charge in [-0.3, -0.25) is 0 Å². The molecule has 1 rings (SSSR count). The molecule has 0 aromatic rings. The lowest BCUT2D eigenvalue weighted by Crippen LogP contribution is -2.52. The van der Waals surface area contributed by atoms with Gasteiger partial charge in [0.2, 0.25) is 0 Å². The van der Waals surface area contributed by atoms with Crippen LogP contribution in [0, 0.1) is 11.8 Å². The fraction of sp³-hybridized carbons (Fsp3) is 0.889. The predicted molar refractivity (Wildman–Crippen MR) is 48.9 cm³/mol. The third kappa shape index (κ3) is 1.28. The summed E-state index contributed by atoms with van der Waals surface area (Å²) in [6.07, 6.45) is 0. The van der Waals surface area contributed by atoms with E-state index in [0.29, 0.717) is 11.8 Å². The maximum absolute atomic E-state index is 11.0. The van der Waals surface area contributed by atoms with Crippen LogP contribution in [0.3, 0.4) is 0 Å². The second-order valence-corrected chi connectivity index (χ2v) is 4.16. The molecule has 3 heteroatoms. The van der Waals surface area contributed by atoms with Gasteiger partial charge in [0.15, 0.2) is 0 Å². The Bertz CT molecular complexity index is 179. The molecular formula is C9H18N2O. The van der Waals surface area contributed by atoms with E-state index in [-0.39, 0.29) is 11.6 Å². The molecule has 0 radical (unpaired) electrons. The van der Waals surface area contributed by atoms with Crippen LogP contribution in [0.15, 0.2) is 0 Å². The van der Waals surface area contributed by atoms with Gasteiger partial charge in [-0.05, 0) is 11.8 Å². The Morgan fingerprint density at radius 1 is 1.25 bits per heavy atom. The van der Waals surface area contributed by atoms with Gasteiger partial charge < -0.3 is 10.6 Å². The number of amides is 2.